The average molecular weight is 298 g/mol. The van der Waals surface area contributed by atoms with Gasteiger partial charge in [-0.15, -0.1) is 11.3 Å². The predicted molar refractivity (Wildman–Crippen MR) is 93.4 cm³/mol. The highest BCUT2D eigenvalue weighted by Crippen LogP contribution is 2.32. The van der Waals surface area contributed by atoms with Gasteiger partial charge < -0.3 is 0 Å². The van der Waals surface area contributed by atoms with Gasteiger partial charge in [0.05, 0.1) is 0 Å². The smallest absolute Gasteiger partial charge is 0.193 e. The van der Waals surface area contributed by atoms with Crippen molar-refractivity contribution in [2.24, 2.45) is 0 Å². The molecule has 0 bridgehead atoms. The molecule has 1 nitrogen and oxygen atoms in total. The minimum atomic E-state index is 0.134. The van der Waals surface area contributed by atoms with Crippen molar-refractivity contribution >= 4 is 27.2 Å². The maximum atomic E-state index is 13.0. The molecule has 2 rings (SSSR count). The first kappa shape index (κ1) is 15.7. The van der Waals surface area contributed by atoms with E-state index in [-0.39, 0.29) is 5.78 Å². The van der Waals surface area contributed by atoms with Gasteiger partial charge in [-0.1, -0.05) is 19.1 Å². The number of rotatable bonds is 4. The minimum Gasteiger partial charge on any atom is -0.289 e. The van der Waals surface area contributed by atoms with Crippen LogP contribution in [0.1, 0.15) is 48.7 Å². The molecule has 0 aliphatic heterocycles. The van der Waals surface area contributed by atoms with E-state index in [0.29, 0.717) is 0 Å². The summed E-state index contributed by atoms with van der Waals surface area (Å²) < 4.78 is 1.20. The third kappa shape index (κ3) is 3.01. The molecular formula is C19H22OS. The van der Waals surface area contributed by atoms with Crippen LogP contribution in [0.3, 0.4) is 0 Å². The Morgan fingerprint density at radius 2 is 2.00 bits per heavy atom. The van der Waals surface area contributed by atoms with E-state index in [4.69, 9.17) is 0 Å². The van der Waals surface area contributed by atoms with Crippen LogP contribution in [-0.4, -0.2) is 5.78 Å². The molecule has 2 heteroatoms. The lowest BCUT2D eigenvalue weighted by atomic mass is 9.93. The zero-order valence-corrected chi connectivity index (χ0v) is 14.2. The summed E-state index contributed by atoms with van der Waals surface area (Å²) in [4.78, 5) is 13.0. The van der Waals surface area contributed by atoms with E-state index in [2.05, 4.69) is 38.3 Å². The summed E-state index contributed by atoms with van der Waals surface area (Å²) in [5, 5.41) is 3.24. The van der Waals surface area contributed by atoms with Crippen LogP contribution in [0.15, 0.2) is 40.8 Å². The first-order valence-corrected chi connectivity index (χ1v) is 8.24. The molecule has 1 aromatic heterocycles. The van der Waals surface area contributed by atoms with Crippen molar-refractivity contribution in [1.29, 1.82) is 0 Å². The summed E-state index contributed by atoms with van der Waals surface area (Å²) in [6.45, 7) is 10.2. The maximum absolute atomic E-state index is 13.0. The zero-order valence-electron chi connectivity index (χ0n) is 13.4. The first-order valence-electron chi connectivity index (χ1n) is 7.36. The van der Waals surface area contributed by atoms with Gasteiger partial charge in [-0.25, -0.2) is 0 Å². The molecule has 0 aliphatic carbocycles. The fourth-order valence-corrected chi connectivity index (χ4v) is 3.81. The molecular weight excluding hydrogens is 276 g/mol. The molecule has 0 spiro atoms. The van der Waals surface area contributed by atoms with Gasteiger partial charge in [0.2, 0.25) is 0 Å². The summed E-state index contributed by atoms with van der Waals surface area (Å²) in [5.41, 5.74) is 5.04. The second-order valence-electron chi connectivity index (χ2n) is 5.43. The van der Waals surface area contributed by atoms with E-state index in [1.54, 1.807) is 11.3 Å². The van der Waals surface area contributed by atoms with E-state index in [9.17, 15) is 4.79 Å². The molecule has 0 atom stereocenters. The van der Waals surface area contributed by atoms with Crippen LogP contribution in [0.5, 0.6) is 0 Å². The molecule has 0 amide bonds. The number of aryl methyl sites for hydroxylation is 2. The Morgan fingerprint density at radius 3 is 2.62 bits per heavy atom. The number of thiophene rings is 1. The lowest BCUT2D eigenvalue weighted by Gasteiger charge is -2.10. The standard InChI is InChI=1S/C19H22OS/c1-6-8-13(4)15(7-2)19(20)16-9-12(3)10-17-18(16)14(5)11-21-17/h7-11H,6H2,1-5H3/b13-8-,15-7+. The van der Waals surface area contributed by atoms with E-state index < -0.39 is 0 Å². The van der Waals surface area contributed by atoms with Crippen molar-refractivity contribution in [2.75, 3.05) is 0 Å². The number of fused-ring (bicyclic) bond motifs is 1. The van der Waals surface area contributed by atoms with Crippen molar-refractivity contribution in [3.05, 3.63) is 57.5 Å². The summed E-state index contributed by atoms with van der Waals surface area (Å²) in [6.07, 6.45) is 4.98. The van der Waals surface area contributed by atoms with Crippen molar-refractivity contribution < 1.29 is 4.79 Å². The monoisotopic (exact) mass is 298 g/mol. The van der Waals surface area contributed by atoms with Gasteiger partial charge in [-0.3, -0.25) is 4.79 Å². The van der Waals surface area contributed by atoms with Gasteiger partial charge in [-0.05, 0) is 68.3 Å². The van der Waals surface area contributed by atoms with Crippen LogP contribution < -0.4 is 0 Å². The molecule has 110 valence electrons. The van der Waals surface area contributed by atoms with E-state index >= 15 is 0 Å². The van der Waals surface area contributed by atoms with Crippen LogP contribution in [0, 0.1) is 13.8 Å². The lowest BCUT2D eigenvalue weighted by Crippen LogP contribution is -2.06. The summed E-state index contributed by atoms with van der Waals surface area (Å²) in [7, 11) is 0. The Labute approximate surface area is 131 Å². The predicted octanol–water partition coefficient (Wildman–Crippen LogP) is 6.00. The molecule has 0 N–H and O–H groups in total. The average Bonchev–Trinajstić information content (AvgIpc) is 2.80. The Kier molecular flexibility index (Phi) is 4.79. The highest BCUT2D eigenvalue weighted by Gasteiger charge is 2.18. The molecule has 0 fully saturated rings. The van der Waals surface area contributed by atoms with Crippen molar-refractivity contribution in [2.45, 2.75) is 41.0 Å². The second-order valence-corrected chi connectivity index (χ2v) is 6.34. The molecule has 0 aliphatic rings. The van der Waals surface area contributed by atoms with Crippen LogP contribution in [-0.2, 0) is 0 Å². The summed E-state index contributed by atoms with van der Waals surface area (Å²) in [6, 6.07) is 4.18. The molecule has 1 heterocycles. The van der Waals surface area contributed by atoms with Crippen LogP contribution in [0.4, 0.5) is 0 Å². The molecule has 2 aromatic rings. The SMILES string of the molecule is C/C=C(C(=O)c1cc(C)cc2scc(C)c12)\C(C)=C/CC. The van der Waals surface area contributed by atoms with Crippen LogP contribution >= 0.6 is 11.3 Å². The Bertz CT molecular complexity index is 744. The quantitative estimate of drug-likeness (QED) is 0.384. The van der Waals surface area contributed by atoms with Crippen LogP contribution in [0.25, 0.3) is 10.1 Å². The topological polar surface area (TPSA) is 17.1 Å². The maximum Gasteiger partial charge on any atom is 0.193 e. The Hall–Kier alpha value is -1.67. The number of benzene rings is 1. The van der Waals surface area contributed by atoms with E-state index in [1.165, 1.54) is 10.3 Å². The van der Waals surface area contributed by atoms with Crippen molar-refractivity contribution in [1.82, 2.24) is 0 Å². The molecule has 0 radical (unpaired) electrons. The summed E-state index contributed by atoms with van der Waals surface area (Å²) >= 11 is 1.71. The lowest BCUT2D eigenvalue weighted by molar-refractivity contribution is 0.103. The van der Waals surface area contributed by atoms with E-state index in [1.807, 2.05) is 26.0 Å². The fourth-order valence-electron chi connectivity index (χ4n) is 2.74. The van der Waals surface area contributed by atoms with E-state index in [0.717, 1.165) is 34.1 Å². The van der Waals surface area contributed by atoms with Gasteiger partial charge in [0.15, 0.2) is 5.78 Å². The molecule has 21 heavy (non-hydrogen) atoms. The van der Waals surface area contributed by atoms with Gasteiger partial charge in [0, 0.05) is 21.2 Å². The van der Waals surface area contributed by atoms with Crippen molar-refractivity contribution in [3.63, 3.8) is 0 Å². The largest absolute Gasteiger partial charge is 0.289 e. The fraction of sp³-hybridized carbons (Fsp3) is 0.316. The molecule has 0 unspecified atom stereocenters. The van der Waals surface area contributed by atoms with Gasteiger partial charge >= 0.3 is 0 Å². The molecule has 0 saturated carbocycles. The number of ketones is 1. The van der Waals surface area contributed by atoms with Gasteiger partial charge in [-0.2, -0.15) is 0 Å². The Balaban J connectivity index is 2.63. The first-order chi connectivity index (χ1) is 9.99. The number of Topliss-reactive ketones (excluding diaryl/α,β-unsaturated/α-hetero) is 1. The minimum absolute atomic E-state index is 0.134. The van der Waals surface area contributed by atoms with Gasteiger partial charge in [0.1, 0.15) is 0 Å². The number of carbonyl (C=O) groups excluding carboxylic acids is 1. The number of allylic oxidation sites excluding steroid dienone is 4. The summed E-state index contributed by atoms with van der Waals surface area (Å²) in [5.74, 6) is 0.134. The molecule has 0 saturated heterocycles. The third-order valence-corrected chi connectivity index (χ3v) is 4.76. The highest BCUT2D eigenvalue weighted by atomic mass is 32.1. The number of carbonyl (C=O) groups is 1. The normalized spacial score (nSPS) is 13.0. The highest BCUT2D eigenvalue weighted by molar-refractivity contribution is 7.17. The molecule has 1 aromatic carbocycles. The third-order valence-electron chi connectivity index (χ3n) is 3.72. The number of hydrogen-bond donors (Lipinski definition) is 0. The number of hydrogen-bond acceptors (Lipinski definition) is 2. The van der Waals surface area contributed by atoms with Crippen molar-refractivity contribution in [3.8, 4) is 0 Å². The zero-order chi connectivity index (χ0) is 15.6. The van der Waals surface area contributed by atoms with Gasteiger partial charge in [0.25, 0.3) is 0 Å². The van der Waals surface area contributed by atoms with Crippen LogP contribution in [0.2, 0.25) is 0 Å². The second kappa shape index (κ2) is 6.40. The Morgan fingerprint density at radius 1 is 1.29 bits per heavy atom.